The van der Waals surface area contributed by atoms with Crippen molar-refractivity contribution in [3.63, 3.8) is 0 Å². The molecule has 6 nitrogen and oxygen atoms in total. The van der Waals surface area contributed by atoms with Gasteiger partial charge in [-0.25, -0.2) is 4.79 Å². The van der Waals surface area contributed by atoms with Crippen LogP contribution in [-0.2, 0) is 9.53 Å². The van der Waals surface area contributed by atoms with E-state index in [2.05, 4.69) is 10.3 Å². The Labute approximate surface area is 98.0 Å². The minimum atomic E-state index is -1.06. The molecule has 92 valence electrons. The van der Waals surface area contributed by atoms with Crippen LogP contribution in [-0.4, -0.2) is 34.7 Å². The number of aryl methyl sites for hydroxylation is 1. The van der Waals surface area contributed by atoms with E-state index in [4.69, 9.17) is 9.84 Å². The first-order valence-corrected chi connectivity index (χ1v) is 5.43. The predicted molar refractivity (Wildman–Crippen MR) is 60.1 cm³/mol. The van der Waals surface area contributed by atoms with Crippen LogP contribution < -0.4 is 5.32 Å². The van der Waals surface area contributed by atoms with Crippen LogP contribution in [0.25, 0.3) is 0 Å². The summed E-state index contributed by atoms with van der Waals surface area (Å²) in [5.41, 5.74) is 0.895. The molecule has 1 aromatic rings. The number of hydrogen-bond acceptors (Lipinski definition) is 3. The highest BCUT2D eigenvalue weighted by Crippen LogP contribution is 2.21. The highest BCUT2D eigenvalue weighted by atomic mass is 16.5. The number of ether oxygens (including phenoxy) is 1. The largest absolute Gasteiger partial charge is 0.478 e. The molecule has 1 aliphatic heterocycles. The highest BCUT2D eigenvalue weighted by Gasteiger charge is 2.25. The van der Waals surface area contributed by atoms with Crippen molar-refractivity contribution in [2.75, 3.05) is 11.9 Å². The third kappa shape index (κ3) is 2.31. The Morgan fingerprint density at radius 2 is 2.35 bits per heavy atom. The van der Waals surface area contributed by atoms with Gasteiger partial charge in [0.2, 0.25) is 0 Å². The summed E-state index contributed by atoms with van der Waals surface area (Å²) in [7, 11) is 0. The number of aromatic nitrogens is 1. The lowest BCUT2D eigenvalue weighted by atomic mass is 10.2. The van der Waals surface area contributed by atoms with Crippen molar-refractivity contribution in [3.05, 3.63) is 17.5 Å². The van der Waals surface area contributed by atoms with Gasteiger partial charge in [-0.2, -0.15) is 0 Å². The average Bonchev–Trinajstić information content (AvgIpc) is 2.87. The number of carbonyl (C=O) groups excluding carboxylic acids is 1. The van der Waals surface area contributed by atoms with Crippen LogP contribution in [0.5, 0.6) is 0 Å². The fraction of sp³-hybridized carbons (Fsp3) is 0.455. The van der Waals surface area contributed by atoms with E-state index in [0.29, 0.717) is 18.7 Å². The van der Waals surface area contributed by atoms with Gasteiger partial charge in [-0.3, -0.25) is 4.79 Å². The Morgan fingerprint density at radius 1 is 1.59 bits per heavy atom. The minimum absolute atomic E-state index is 0.0938. The summed E-state index contributed by atoms with van der Waals surface area (Å²) < 4.78 is 5.22. The van der Waals surface area contributed by atoms with Gasteiger partial charge in [0.25, 0.3) is 5.91 Å². The molecule has 1 saturated heterocycles. The molecule has 0 radical (unpaired) electrons. The smallest absolute Gasteiger partial charge is 0.339 e. The van der Waals surface area contributed by atoms with Crippen molar-refractivity contribution in [1.29, 1.82) is 0 Å². The summed E-state index contributed by atoms with van der Waals surface area (Å²) in [5, 5.41) is 11.6. The Kier molecular flexibility index (Phi) is 3.14. The first-order valence-electron chi connectivity index (χ1n) is 5.43. The van der Waals surface area contributed by atoms with Crippen LogP contribution in [0.1, 0.15) is 28.9 Å². The molecule has 0 unspecified atom stereocenters. The summed E-state index contributed by atoms with van der Waals surface area (Å²) >= 11 is 0. The average molecular weight is 238 g/mol. The molecule has 1 fully saturated rings. The third-order valence-electron chi connectivity index (χ3n) is 2.77. The molecular weight excluding hydrogens is 224 g/mol. The van der Waals surface area contributed by atoms with Gasteiger partial charge >= 0.3 is 5.97 Å². The van der Waals surface area contributed by atoms with E-state index >= 15 is 0 Å². The van der Waals surface area contributed by atoms with E-state index in [1.54, 1.807) is 6.92 Å². The number of carboxylic acid groups (broad SMARTS) is 1. The molecule has 0 aromatic carbocycles. The van der Waals surface area contributed by atoms with Crippen molar-refractivity contribution < 1.29 is 19.4 Å². The molecule has 0 aliphatic carbocycles. The topological polar surface area (TPSA) is 91.4 Å². The normalized spacial score (nSPS) is 19.2. The van der Waals surface area contributed by atoms with Crippen molar-refractivity contribution in [3.8, 4) is 0 Å². The number of aromatic carboxylic acids is 1. The van der Waals surface area contributed by atoms with E-state index < -0.39 is 12.1 Å². The lowest BCUT2D eigenvalue weighted by molar-refractivity contribution is -0.124. The lowest BCUT2D eigenvalue weighted by Crippen LogP contribution is -2.27. The van der Waals surface area contributed by atoms with Crippen LogP contribution in [0.4, 0.5) is 5.69 Å². The highest BCUT2D eigenvalue weighted by molar-refractivity contribution is 6.02. The molecule has 17 heavy (non-hydrogen) atoms. The van der Waals surface area contributed by atoms with Crippen molar-refractivity contribution in [2.45, 2.75) is 25.9 Å². The summed E-state index contributed by atoms with van der Waals surface area (Å²) in [6.45, 7) is 2.22. The van der Waals surface area contributed by atoms with Crippen LogP contribution >= 0.6 is 0 Å². The summed E-state index contributed by atoms with van der Waals surface area (Å²) in [4.78, 5) is 25.5. The minimum Gasteiger partial charge on any atom is -0.478 e. The first kappa shape index (κ1) is 11.7. The molecule has 0 saturated carbocycles. The second-order valence-corrected chi connectivity index (χ2v) is 4.00. The Hall–Kier alpha value is -1.82. The maximum atomic E-state index is 11.8. The fourth-order valence-corrected chi connectivity index (χ4v) is 1.90. The van der Waals surface area contributed by atoms with Gasteiger partial charge in [-0.15, -0.1) is 0 Å². The number of H-pyrrole nitrogens is 1. The van der Waals surface area contributed by atoms with Crippen molar-refractivity contribution >= 4 is 17.6 Å². The second kappa shape index (κ2) is 4.58. The molecule has 2 heterocycles. The summed E-state index contributed by atoms with van der Waals surface area (Å²) in [6.07, 6.45) is 2.55. The van der Waals surface area contributed by atoms with Gasteiger partial charge in [-0.05, 0) is 19.8 Å². The van der Waals surface area contributed by atoms with E-state index in [0.717, 1.165) is 6.42 Å². The van der Waals surface area contributed by atoms with E-state index in [9.17, 15) is 9.59 Å². The standard InChI is InChI=1S/C11H14N2O4/c1-6-9(11(15)16)7(5-12-6)13-10(14)8-3-2-4-17-8/h5,8,12H,2-4H2,1H3,(H,13,14)(H,15,16)/t8-/m0/s1. The summed E-state index contributed by atoms with van der Waals surface area (Å²) in [6, 6.07) is 0. The molecule has 3 N–H and O–H groups in total. The molecule has 1 aromatic heterocycles. The van der Waals surface area contributed by atoms with Gasteiger partial charge in [0.05, 0.1) is 5.69 Å². The van der Waals surface area contributed by atoms with Gasteiger partial charge < -0.3 is 20.1 Å². The maximum Gasteiger partial charge on any atom is 0.339 e. The monoisotopic (exact) mass is 238 g/mol. The predicted octanol–water partition coefficient (Wildman–Crippen LogP) is 1.14. The zero-order valence-electron chi connectivity index (χ0n) is 9.45. The Morgan fingerprint density at radius 3 is 2.94 bits per heavy atom. The molecular formula is C11H14N2O4. The molecule has 6 heteroatoms. The molecule has 0 spiro atoms. The number of rotatable bonds is 3. The van der Waals surface area contributed by atoms with Gasteiger partial charge in [0.1, 0.15) is 11.7 Å². The third-order valence-corrected chi connectivity index (χ3v) is 2.77. The SMILES string of the molecule is Cc1[nH]cc(NC(=O)[C@@H]2CCCO2)c1C(=O)O. The Bertz CT molecular complexity index is 446. The number of carbonyl (C=O) groups is 2. The molecule has 2 rings (SSSR count). The Balaban J connectivity index is 2.13. The zero-order chi connectivity index (χ0) is 12.4. The van der Waals surface area contributed by atoms with E-state index in [-0.39, 0.29) is 17.2 Å². The van der Waals surface area contributed by atoms with Crippen LogP contribution in [0.3, 0.4) is 0 Å². The van der Waals surface area contributed by atoms with E-state index in [1.807, 2.05) is 0 Å². The van der Waals surface area contributed by atoms with Crippen LogP contribution in [0.15, 0.2) is 6.20 Å². The van der Waals surface area contributed by atoms with Crippen molar-refractivity contribution in [2.24, 2.45) is 0 Å². The number of aromatic amines is 1. The molecule has 1 amide bonds. The molecule has 1 aliphatic rings. The molecule has 1 atom stereocenters. The number of carboxylic acids is 1. The number of amides is 1. The maximum absolute atomic E-state index is 11.8. The first-order chi connectivity index (χ1) is 8.09. The number of nitrogens with one attached hydrogen (secondary N) is 2. The fourth-order valence-electron chi connectivity index (χ4n) is 1.90. The summed E-state index contributed by atoms with van der Waals surface area (Å²) in [5.74, 6) is -1.35. The lowest BCUT2D eigenvalue weighted by Gasteiger charge is -2.09. The quantitative estimate of drug-likeness (QED) is 0.736. The van der Waals surface area contributed by atoms with Gasteiger partial charge in [0, 0.05) is 18.5 Å². The number of anilines is 1. The van der Waals surface area contributed by atoms with Crippen LogP contribution in [0, 0.1) is 6.92 Å². The van der Waals surface area contributed by atoms with Gasteiger partial charge in [0.15, 0.2) is 0 Å². The molecule has 0 bridgehead atoms. The van der Waals surface area contributed by atoms with Crippen LogP contribution in [0.2, 0.25) is 0 Å². The van der Waals surface area contributed by atoms with Gasteiger partial charge in [-0.1, -0.05) is 0 Å². The van der Waals surface area contributed by atoms with Crippen molar-refractivity contribution in [1.82, 2.24) is 4.98 Å². The zero-order valence-corrected chi connectivity index (χ0v) is 9.45. The number of hydrogen-bond donors (Lipinski definition) is 3. The van der Waals surface area contributed by atoms with E-state index in [1.165, 1.54) is 6.20 Å². The second-order valence-electron chi connectivity index (χ2n) is 4.00.